The van der Waals surface area contributed by atoms with Gasteiger partial charge in [-0.1, -0.05) is 19.1 Å². The molecule has 0 saturated carbocycles. The lowest BCUT2D eigenvalue weighted by atomic mass is 9.96. The second-order valence-corrected chi connectivity index (χ2v) is 7.75. The Hall–Kier alpha value is -1.88. The highest BCUT2D eigenvalue weighted by Gasteiger charge is 2.28. The Kier molecular flexibility index (Phi) is 6.30. The van der Waals surface area contributed by atoms with Gasteiger partial charge in [0.2, 0.25) is 0 Å². The van der Waals surface area contributed by atoms with Crippen LogP contribution in [0.4, 0.5) is 0 Å². The molecule has 5 nitrogen and oxygen atoms in total. The molecule has 0 unspecified atom stereocenters. The third-order valence-electron chi connectivity index (χ3n) is 5.80. The minimum atomic E-state index is -0.159. The fourth-order valence-electron chi connectivity index (χ4n) is 3.90. The lowest BCUT2D eigenvalue weighted by Gasteiger charge is -2.31. The molecule has 0 radical (unpaired) electrons. The van der Waals surface area contributed by atoms with Crippen molar-refractivity contribution in [2.24, 2.45) is 11.8 Å². The summed E-state index contributed by atoms with van der Waals surface area (Å²) < 4.78 is 4.81. The van der Waals surface area contributed by atoms with Crippen molar-refractivity contribution in [2.45, 2.75) is 39.2 Å². The Morgan fingerprint density at radius 3 is 2.19 bits per heavy atom. The van der Waals surface area contributed by atoms with Crippen molar-refractivity contribution in [3.05, 3.63) is 35.4 Å². The summed E-state index contributed by atoms with van der Waals surface area (Å²) >= 11 is 0. The van der Waals surface area contributed by atoms with Crippen LogP contribution in [0.2, 0.25) is 0 Å². The quantitative estimate of drug-likeness (QED) is 0.777. The van der Waals surface area contributed by atoms with Gasteiger partial charge in [-0.2, -0.15) is 0 Å². The molecule has 0 aromatic heterocycles. The average Bonchev–Trinajstić information content (AvgIpc) is 2.69. The Morgan fingerprint density at radius 1 is 1.00 bits per heavy atom. The van der Waals surface area contributed by atoms with Gasteiger partial charge in [0.15, 0.2) is 0 Å². The summed E-state index contributed by atoms with van der Waals surface area (Å²) in [5, 5.41) is 0. The number of carbonyl (C=O) groups excluding carboxylic acids is 2. The second-order valence-electron chi connectivity index (χ2n) is 7.75. The third kappa shape index (κ3) is 4.64. The Labute approximate surface area is 156 Å². The number of hydrogen-bond acceptors (Lipinski definition) is 4. The summed E-state index contributed by atoms with van der Waals surface area (Å²) in [6.45, 7) is 6.85. The summed E-state index contributed by atoms with van der Waals surface area (Å²) in [4.78, 5) is 28.6. The molecule has 2 aliphatic heterocycles. The van der Waals surface area contributed by atoms with E-state index in [0.29, 0.717) is 25.9 Å². The molecular formula is C21H30N2O3. The number of piperidine rings is 2. The van der Waals surface area contributed by atoms with Crippen LogP contribution in [0.1, 0.15) is 48.5 Å². The van der Waals surface area contributed by atoms with Crippen molar-refractivity contribution >= 4 is 11.9 Å². The van der Waals surface area contributed by atoms with E-state index in [-0.39, 0.29) is 17.8 Å². The van der Waals surface area contributed by atoms with Crippen LogP contribution in [-0.4, -0.2) is 55.0 Å². The minimum absolute atomic E-state index is 0.0617. The van der Waals surface area contributed by atoms with Crippen LogP contribution in [0.5, 0.6) is 0 Å². The van der Waals surface area contributed by atoms with Crippen LogP contribution < -0.4 is 0 Å². The molecule has 26 heavy (non-hydrogen) atoms. The van der Waals surface area contributed by atoms with E-state index >= 15 is 0 Å². The lowest BCUT2D eigenvalue weighted by Crippen LogP contribution is -2.40. The number of benzene rings is 1. The topological polar surface area (TPSA) is 49.9 Å². The standard InChI is InChI=1S/C21H30N2O3/c1-16-7-11-22(12-8-16)15-17-3-5-18(6-4-17)20(24)23-13-9-19(10-14-23)21(25)26-2/h3-6,16,19H,7-15H2,1-2H3. The SMILES string of the molecule is COC(=O)C1CCN(C(=O)c2ccc(CN3CCC(C)CC3)cc2)CC1. The molecule has 2 fully saturated rings. The van der Waals surface area contributed by atoms with E-state index in [0.717, 1.165) is 31.1 Å². The first-order valence-electron chi connectivity index (χ1n) is 9.75. The van der Waals surface area contributed by atoms with Crippen molar-refractivity contribution in [1.82, 2.24) is 9.80 Å². The van der Waals surface area contributed by atoms with Crippen LogP contribution in [0.25, 0.3) is 0 Å². The van der Waals surface area contributed by atoms with Crippen molar-refractivity contribution in [1.29, 1.82) is 0 Å². The largest absolute Gasteiger partial charge is 0.469 e. The first kappa shape index (κ1) is 18.9. The predicted molar refractivity (Wildman–Crippen MR) is 101 cm³/mol. The number of nitrogens with zero attached hydrogens (tertiary/aromatic N) is 2. The third-order valence-corrected chi connectivity index (χ3v) is 5.80. The van der Waals surface area contributed by atoms with Gasteiger partial charge in [0, 0.05) is 25.2 Å². The Balaban J connectivity index is 1.52. The van der Waals surface area contributed by atoms with E-state index in [4.69, 9.17) is 4.74 Å². The second kappa shape index (κ2) is 8.67. The highest BCUT2D eigenvalue weighted by Crippen LogP contribution is 2.21. The molecule has 2 saturated heterocycles. The summed E-state index contributed by atoms with van der Waals surface area (Å²) in [5.41, 5.74) is 2.00. The van der Waals surface area contributed by atoms with Crippen LogP contribution in [-0.2, 0) is 16.1 Å². The Morgan fingerprint density at radius 2 is 1.62 bits per heavy atom. The fourth-order valence-corrected chi connectivity index (χ4v) is 3.90. The molecule has 5 heteroatoms. The Bertz CT molecular complexity index is 613. The first-order chi connectivity index (χ1) is 12.6. The van der Waals surface area contributed by atoms with E-state index in [1.165, 1.54) is 25.5 Å². The zero-order valence-corrected chi connectivity index (χ0v) is 15.9. The van der Waals surface area contributed by atoms with E-state index < -0.39 is 0 Å². The monoisotopic (exact) mass is 358 g/mol. The van der Waals surface area contributed by atoms with E-state index in [1.807, 2.05) is 17.0 Å². The smallest absolute Gasteiger partial charge is 0.308 e. The van der Waals surface area contributed by atoms with Crippen molar-refractivity contribution < 1.29 is 14.3 Å². The highest BCUT2D eigenvalue weighted by molar-refractivity contribution is 5.94. The van der Waals surface area contributed by atoms with Gasteiger partial charge >= 0.3 is 5.97 Å². The maximum atomic E-state index is 12.7. The van der Waals surface area contributed by atoms with Gasteiger partial charge in [-0.05, 0) is 62.4 Å². The summed E-state index contributed by atoms with van der Waals surface area (Å²) in [7, 11) is 1.42. The zero-order valence-electron chi connectivity index (χ0n) is 15.9. The highest BCUT2D eigenvalue weighted by atomic mass is 16.5. The van der Waals surface area contributed by atoms with Gasteiger partial charge < -0.3 is 9.64 Å². The van der Waals surface area contributed by atoms with E-state index in [2.05, 4.69) is 24.0 Å². The fraction of sp³-hybridized carbons (Fsp3) is 0.619. The molecule has 2 aliphatic rings. The first-order valence-corrected chi connectivity index (χ1v) is 9.75. The average molecular weight is 358 g/mol. The van der Waals surface area contributed by atoms with Crippen LogP contribution in [0, 0.1) is 11.8 Å². The van der Waals surface area contributed by atoms with Crippen LogP contribution in [0.3, 0.4) is 0 Å². The number of rotatable bonds is 4. The number of esters is 1. The molecule has 1 aromatic rings. The minimum Gasteiger partial charge on any atom is -0.469 e. The van der Waals surface area contributed by atoms with Crippen LogP contribution >= 0.6 is 0 Å². The number of likely N-dealkylation sites (tertiary alicyclic amines) is 2. The molecule has 0 atom stereocenters. The number of carbonyl (C=O) groups is 2. The van der Waals surface area contributed by atoms with Gasteiger partial charge in [0.1, 0.15) is 0 Å². The predicted octanol–water partition coefficient (Wildman–Crippen LogP) is 2.94. The molecule has 0 bridgehead atoms. The zero-order chi connectivity index (χ0) is 18.5. The molecule has 3 rings (SSSR count). The number of amides is 1. The molecule has 0 spiro atoms. The number of ether oxygens (including phenoxy) is 1. The maximum Gasteiger partial charge on any atom is 0.308 e. The summed E-state index contributed by atoms with van der Waals surface area (Å²) in [6.07, 6.45) is 3.92. The van der Waals surface area contributed by atoms with Gasteiger partial charge in [0.05, 0.1) is 13.0 Å². The molecule has 0 aliphatic carbocycles. The molecule has 2 heterocycles. The molecule has 1 amide bonds. The molecular weight excluding hydrogens is 328 g/mol. The molecule has 1 aromatic carbocycles. The summed E-state index contributed by atoms with van der Waals surface area (Å²) in [5.74, 6) is 0.675. The number of methoxy groups -OCH3 is 1. The maximum absolute atomic E-state index is 12.7. The van der Waals surface area contributed by atoms with Gasteiger partial charge in [-0.15, -0.1) is 0 Å². The molecule has 142 valence electrons. The van der Waals surface area contributed by atoms with Gasteiger partial charge in [0.25, 0.3) is 5.91 Å². The normalized spacial score (nSPS) is 20.2. The van der Waals surface area contributed by atoms with Crippen LogP contribution in [0.15, 0.2) is 24.3 Å². The van der Waals surface area contributed by atoms with Crippen molar-refractivity contribution in [3.8, 4) is 0 Å². The lowest BCUT2D eigenvalue weighted by molar-refractivity contribution is -0.146. The molecule has 0 N–H and O–H groups in total. The summed E-state index contributed by atoms with van der Waals surface area (Å²) in [6, 6.07) is 8.03. The van der Waals surface area contributed by atoms with E-state index in [9.17, 15) is 9.59 Å². The number of hydrogen-bond donors (Lipinski definition) is 0. The van der Waals surface area contributed by atoms with Gasteiger partial charge in [-0.3, -0.25) is 14.5 Å². The van der Waals surface area contributed by atoms with Crippen molar-refractivity contribution in [3.63, 3.8) is 0 Å². The van der Waals surface area contributed by atoms with E-state index in [1.54, 1.807) is 0 Å². The van der Waals surface area contributed by atoms with Gasteiger partial charge in [-0.25, -0.2) is 0 Å². The van der Waals surface area contributed by atoms with Crippen molar-refractivity contribution in [2.75, 3.05) is 33.3 Å².